The second kappa shape index (κ2) is 9.07. The van der Waals surface area contributed by atoms with Crippen molar-refractivity contribution in [2.24, 2.45) is 4.99 Å². The number of para-hydroxylation sites is 1. The van der Waals surface area contributed by atoms with Crippen LogP contribution in [-0.4, -0.2) is 37.9 Å². The van der Waals surface area contributed by atoms with Gasteiger partial charge < -0.3 is 9.64 Å². The fourth-order valence-corrected chi connectivity index (χ4v) is 3.23. The largest absolute Gasteiger partial charge is 0.465 e. The number of benzodiazepines with no additional fused rings is 1. The molecule has 27 heavy (non-hydrogen) atoms. The highest BCUT2D eigenvalue weighted by atomic mass is 35.5. The highest BCUT2D eigenvalue weighted by molar-refractivity contribution is 6.42. The highest BCUT2D eigenvalue weighted by Crippen LogP contribution is 2.26. The van der Waals surface area contributed by atoms with Crippen molar-refractivity contribution in [3.05, 3.63) is 69.7 Å². The molecule has 0 amide bonds. The Hall–Kier alpha value is -2.30. The molecule has 0 bridgehead atoms. The van der Waals surface area contributed by atoms with Crippen LogP contribution < -0.4 is 4.90 Å². The summed E-state index contributed by atoms with van der Waals surface area (Å²) < 4.78 is 5.10. The average molecular weight is 403 g/mol. The van der Waals surface area contributed by atoms with E-state index >= 15 is 0 Å². The van der Waals surface area contributed by atoms with Crippen LogP contribution >= 0.6 is 23.2 Å². The summed E-state index contributed by atoms with van der Waals surface area (Å²) >= 11 is 12.1. The van der Waals surface area contributed by atoms with Crippen LogP contribution in [0.2, 0.25) is 10.0 Å². The van der Waals surface area contributed by atoms with Gasteiger partial charge in [-0.1, -0.05) is 53.5 Å². The lowest BCUT2D eigenvalue weighted by atomic mass is 10.1. The van der Waals surface area contributed by atoms with E-state index in [1.807, 2.05) is 60.4 Å². The molecule has 6 heteroatoms. The zero-order chi connectivity index (χ0) is 19.2. The van der Waals surface area contributed by atoms with Crippen LogP contribution in [0, 0.1) is 0 Å². The zero-order valence-corrected chi connectivity index (χ0v) is 16.5. The smallest absolute Gasteiger partial charge is 0.325 e. The van der Waals surface area contributed by atoms with Gasteiger partial charge in [-0.25, -0.2) is 0 Å². The van der Waals surface area contributed by atoms with Gasteiger partial charge in [-0.15, -0.1) is 0 Å². The van der Waals surface area contributed by atoms with Crippen molar-refractivity contribution in [2.45, 2.75) is 6.92 Å². The Labute approximate surface area is 169 Å². The minimum absolute atomic E-state index is 0.212. The molecule has 0 atom stereocenters. The number of nitrogens with zero attached hydrogens (tertiary/aromatic N) is 2. The third-order valence-electron chi connectivity index (χ3n) is 4.18. The van der Waals surface area contributed by atoms with Crippen molar-refractivity contribution in [3.8, 4) is 0 Å². The third kappa shape index (κ3) is 4.90. The van der Waals surface area contributed by atoms with Crippen molar-refractivity contribution in [3.63, 3.8) is 0 Å². The quantitative estimate of drug-likeness (QED) is 0.669. The first-order valence-electron chi connectivity index (χ1n) is 8.76. The van der Waals surface area contributed by atoms with Gasteiger partial charge in [0, 0.05) is 17.8 Å². The van der Waals surface area contributed by atoms with Crippen LogP contribution in [0.4, 0.5) is 5.69 Å². The predicted molar refractivity (Wildman–Crippen MR) is 112 cm³/mol. The first-order valence-corrected chi connectivity index (χ1v) is 9.51. The molecule has 3 rings (SSSR count). The van der Waals surface area contributed by atoms with E-state index in [2.05, 4.69) is 0 Å². The number of esters is 1. The second-order valence-electron chi connectivity index (χ2n) is 6.02. The summed E-state index contributed by atoms with van der Waals surface area (Å²) in [6.07, 6.45) is 3.92. The van der Waals surface area contributed by atoms with Gasteiger partial charge in [-0.2, -0.15) is 0 Å². The molecule has 4 nitrogen and oxygen atoms in total. The minimum atomic E-state index is -0.234. The number of anilines is 1. The van der Waals surface area contributed by atoms with Crippen molar-refractivity contribution < 1.29 is 9.53 Å². The first kappa shape index (κ1) is 19.5. The Balaban J connectivity index is 1.87. The number of hydrogen-bond acceptors (Lipinski definition) is 4. The van der Waals surface area contributed by atoms with E-state index in [4.69, 9.17) is 32.9 Å². The van der Waals surface area contributed by atoms with Gasteiger partial charge in [0.2, 0.25) is 0 Å². The second-order valence-corrected chi connectivity index (χ2v) is 6.83. The molecule has 1 aliphatic rings. The summed E-state index contributed by atoms with van der Waals surface area (Å²) in [6, 6.07) is 13.4. The lowest BCUT2D eigenvalue weighted by Crippen LogP contribution is -2.33. The number of ether oxygens (including phenoxy) is 1. The first-order chi connectivity index (χ1) is 13.1. The highest BCUT2D eigenvalue weighted by Gasteiger charge is 2.19. The number of carbonyl (C=O) groups excluding carboxylic acids is 1. The number of allylic oxidation sites excluding steroid dienone is 1. The van der Waals surface area contributed by atoms with Gasteiger partial charge in [0.15, 0.2) is 0 Å². The van der Waals surface area contributed by atoms with E-state index in [0.717, 1.165) is 22.5 Å². The summed E-state index contributed by atoms with van der Waals surface area (Å²) in [4.78, 5) is 18.7. The van der Waals surface area contributed by atoms with Gasteiger partial charge >= 0.3 is 5.97 Å². The molecule has 0 saturated carbocycles. The van der Waals surface area contributed by atoms with Crippen molar-refractivity contribution in [2.75, 3.05) is 31.1 Å². The molecular weight excluding hydrogens is 383 g/mol. The number of rotatable bonds is 5. The Morgan fingerprint density at radius 1 is 1.19 bits per heavy atom. The van der Waals surface area contributed by atoms with Crippen molar-refractivity contribution in [1.82, 2.24) is 0 Å². The molecule has 0 unspecified atom stereocenters. The summed E-state index contributed by atoms with van der Waals surface area (Å²) in [7, 11) is 0. The number of benzene rings is 2. The van der Waals surface area contributed by atoms with Crippen LogP contribution in [0.25, 0.3) is 6.08 Å². The molecule has 0 N–H and O–H groups in total. The lowest BCUT2D eigenvalue weighted by Gasteiger charge is -2.23. The monoisotopic (exact) mass is 402 g/mol. The molecule has 140 valence electrons. The summed E-state index contributed by atoms with van der Waals surface area (Å²) in [5.74, 6) is -0.234. The molecule has 0 aliphatic carbocycles. The lowest BCUT2D eigenvalue weighted by molar-refractivity contribution is -0.141. The molecule has 0 radical (unpaired) electrons. The topological polar surface area (TPSA) is 41.9 Å². The third-order valence-corrected chi connectivity index (χ3v) is 4.91. The van der Waals surface area contributed by atoms with Gasteiger partial charge in [-0.05, 0) is 36.8 Å². The summed E-state index contributed by atoms with van der Waals surface area (Å²) in [5.41, 5.74) is 3.76. The molecule has 2 aromatic rings. The number of aliphatic imine (C=N–C) groups is 1. The Morgan fingerprint density at radius 3 is 2.78 bits per heavy atom. The molecule has 1 heterocycles. The van der Waals surface area contributed by atoms with Crippen molar-refractivity contribution in [1.29, 1.82) is 0 Å². The Kier molecular flexibility index (Phi) is 6.54. The van der Waals surface area contributed by atoms with Gasteiger partial charge in [0.1, 0.15) is 6.54 Å². The van der Waals surface area contributed by atoms with Gasteiger partial charge in [0.25, 0.3) is 0 Å². The van der Waals surface area contributed by atoms with Crippen LogP contribution in [0.15, 0.2) is 53.5 Å². The van der Waals surface area contributed by atoms with Crippen LogP contribution in [0.5, 0.6) is 0 Å². The fraction of sp³-hybridized carbons (Fsp3) is 0.238. The minimum Gasteiger partial charge on any atom is -0.465 e. The SMILES string of the molecule is CCOC(=O)CN1CCN=C(C=Cc2ccc(Cl)c(Cl)c2)c2ccccc21. The van der Waals surface area contributed by atoms with Crippen LogP contribution in [-0.2, 0) is 9.53 Å². The molecule has 0 spiro atoms. The summed E-state index contributed by atoms with van der Waals surface area (Å²) in [5, 5.41) is 1.04. The summed E-state index contributed by atoms with van der Waals surface area (Å²) in [6.45, 7) is 3.64. The Morgan fingerprint density at radius 2 is 2.00 bits per heavy atom. The molecule has 1 aliphatic heterocycles. The molecular formula is C21H20Cl2N2O2. The number of carbonyl (C=O) groups is 1. The fourth-order valence-electron chi connectivity index (χ4n) is 2.92. The van der Waals surface area contributed by atoms with Gasteiger partial charge in [-0.3, -0.25) is 9.79 Å². The van der Waals surface area contributed by atoms with Gasteiger partial charge in [0.05, 0.1) is 28.9 Å². The normalized spacial score (nSPS) is 13.9. The zero-order valence-electron chi connectivity index (χ0n) is 15.0. The van der Waals surface area contributed by atoms with E-state index < -0.39 is 0 Å². The van der Waals surface area contributed by atoms with Crippen molar-refractivity contribution >= 4 is 46.6 Å². The number of fused-ring (bicyclic) bond motifs is 1. The van der Waals surface area contributed by atoms with E-state index in [-0.39, 0.29) is 12.5 Å². The average Bonchev–Trinajstić information content (AvgIpc) is 2.83. The standard InChI is InChI=1S/C21H20Cl2N2O2/c1-2-27-21(26)14-25-12-11-24-19(16-5-3-4-6-20(16)25)10-8-15-7-9-17(22)18(23)13-15/h3-10,13H,2,11-12,14H2,1H3. The van der Waals surface area contributed by atoms with E-state index in [0.29, 0.717) is 29.7 Å². The molecule has 2 aromatic carbocycles. The van der Waals surface area contributed by atoms with Crippen LogP contribution in [0.1, 0.15) is 18.1 Å². The molecule has 0 saturated heterocycles. The number of hydrogen-bond donors (Lipinski definition) is 0. The van der Waals surface area contributed by atoms with E-state index in [1.54, 1.807) is 6.07 Å². The van der Waals surface area contributed by atoms with E-state index in [1.165, 1.54) is 0 Å². The maximum Gasteiger partial charge on any atom is 0.325 e. The molecule has 0 aromatic heterocycles. The molecule has 0 fully saturated rings. The predicted octanol–water partition coefficient (Wildman–Crippen LogP) is 4.88. The van der Waals surface area contributed by atoms with E-state index in [9.17, 15) is 4.79 Å². The maximum absolute atomic E-state index is 11.9. The van der Waals surface area contributed by atoms with Crippen LogP contribution in [0.3, 0.4) is 0 Å². The maximum atomic E-state index is 11.9. The Bertz CT molecular complexity index is 894. The number of halogens is 2.